The number of carbonyl (C=O) groups excluding carboxylic acids is 2. The molecule has 0 aliphatic rings. The molecular weight excluding hydrogens is 266 g/mol. The van der Waals surface area contributed by atoms with Gasteiger partial charge in [0.2, 0.25) is 5.91 Å². The molecule has 20 heavy (non-hydrogen) atoms. The molecule has 1 rings (SSSR count). The van der Waals surface area contributed by atoms with Gasteiger partial charge < -0.3 is 10.6 Å². The lowest BCUT2D eigenvalue weighted by Crippen LogP contribution is -2.50. The Hall–Kier alpha value is -1.98. The molecule has 6 heteroatoms. The Morgan fingerprint density at radius 3 is 2.35 bits per heavy atom. The molecule has 2 amide bonds. The van der Waals surface area contributed by atoms with E-state index in [4.69, 9.17) is 0 Å². The first-order chi connectivity index (χ1) is 9.11. The van der Waals surface area contributed by atoms with Crippen LogP contribution in [0.3, 0.4) is 0 Å². The van der Waals surface area contributed by atoms with Crippen LogP contribution in [-0.2, 0) is 4.79 Å². The van der Waals surface area contributed by atoms with E-state index in [-0.39, 0.29) is 0 Å². The molecule has 0 heterocycles. The number of hydrogen-bond donors (Lipinski definition) is 2. The molecule has 0 radical (unpaired) electrons. The maximum absolute atomic E-state index is 13.4. The highest BCUT2D eigenvalue weighted by Crippen LogP contribution is 2.11. The predicted molar refractivity (Wildman–Crippen MR) is 71.2 cm³/mol. The van der Waals surface area contributed by atoms with Gasteiger partial charge in [0.25, 0.3) is 5.91 Å². The fourth-order valence-electron chi connectivity index (χ4n) is 1.50. The molecule has 1 aromatic carbocycles. The summed E-state index contributed by atoms with van der Waals surface area (Å²) in [5.74, 6) is -3.57. The predicted octanol–water partition coefficient (Wildman–Crippen LogP) is 2.00. The average Bonchev–Trinajstić information content (AvgIpc) is 2.30. The Morgan fingerprint density at radius 1 is 1.20 bits per heavy atom. The van der Waals surface area contributed by atoms with Crippen LogP contribution < -0.4 is 10.6 Å². The second kappa shape index (κ2) is 5.98. The zero-order valence-corrected chi connectivity index (χ0v) is 11.9. The first-order valence-electron chi connectivity index (χ1n) is 6.18. The number of halogens is 2. The largest absolute Gasteiger partial charge is 0.350 e. The average molecular weight is 284 g/mol. The van der Waals surface area contributed by atoms with Crippen LogP contribution in [0.1, 0.15) is 38.1 Å². The molecule has 1 unspecified atom stereocenters. The van der Waals surface area contributed by atoms with E-state index in [2.05, 4.69) is 10.6 Å². The summed E-state index contributed by atoms with van der Waals surface area (Å²) < 4.78 is 26.5. The van der Waals surface area contributed by atoms with Gasteiger partial charge in [-0.1, -0.05) is 6.07 Å². The highest BCUT2D eigenvalue weighted by Gasteiger charge is 2.22. The van der Waals surface area contributed by atoms with Gasteiger partial charge in [0, 0.05) is 5.54 Å². The smallest absolute Gasteiger partial charge is 0.255 e. The zero-order valence-electron chi connectivity index (χ0n) is 11.9. The number of benzene rings is 1. The van der Waals surface area contributed by atoms with Gasteiger partial charge in [0.15, 0.2) is 11.6 Å². The summed E-state index contributed by atoms with van der Waals surface area (Å²) in [5.41, 5.74) is -0.874. The van der Waals surface area contributed by atoms with Crippen molar-refractivity contribution in [1.29, 1.82) is 0 Å². The van der Waals surface area contributed by atoms with Crippen LogP contribution in [0.5, 0.6) is 0 Å². The van der Waals surface area contributed by atoms with Crippen molar-refractivity contribution in [3.63, 3.8) is 0 Å². The van der Waals surface area contributed by atoms with E-state index in [9.17, 15) is 18.4 Å². The fourth-order valence-corrected chi connectivity index (χ4v) is 1.50. The van der Waals surface area contributed by atoms with Crippen molar-refractivity contribution in [2.24, 2.45) is 0 Å². The number of carbonyl (C=O) groups is 2. The van der Waals surface area contributed by atoms with E-state index < -0.39 is 40.6 Å². The van der Waals surface area contributed by atoms with Gasteiger partial charge in [0.05, 0.1) is 5.56 Å². The minimum absolute atomic E-state index is 0.400. The molecule has 0 aliphatic carbocycles. The Kier molecular flexibility index (Phi) is 4.81. The lowest BCUT2D eigenvalue weighted by atomic mass is 10.1. The Balaban J connectivity index is 2.76. The van der Waals surface area contributed by atoms with Crippen LogP contribution in [0.4, 0.5) is 8.78 Å². The summed E-state index contributed by atoms with van der Waals surface area (Å²) in [4.78, 5) is 23.6. The van der Waals surface area contributed by atoms with Crippen molar-refractivity contribution in [3.05, 3.63) is 35.4 Å². The van der Waals surface area contributed by atoms with Crippen molar-refractivity contribution in [1.82, 2.24) is 10.6 Å². The van der Waals surface area contributed by atoms with Gasteiger partial charge in [-0.3, -0.25) is 9.59 Å². The molecule has 1 atom stereocenters. The molecule has 0 fully saturated rings. The summed E-state index contributed by atoms with van der Waals surface area (Å²) in [7, 11) is 0. The van der Waals surface area contributed by atoms with Crippen LogP contribution in [-0.4, -0.2) is 23.4 Å². The molecule has 0 aliphatic heterocycles. The van der Waals surface area contributed by atoms with E-state index in [1.54, 1.807) is 20.8 Å². The Morgan fingerprint density at radius 2 is 1.80 bits per heavy atom. The van der Waals surface area contributed by atoms with Crippen LogP contribution in [0, 0.1) is 11.6 Å². The molecule has 0 spiro atoms. The SMILES string of the molecule is CC(NC(=O)c1cccc(F)c1F)C(=O)NC(C)(C)C. The van der Waals surface area contributed by atoms with Crippen molar-refractivity contribution in [3.8, 4) is 0 Å². The molecule has 0 aromatic heterocycles. The summed E-state index contributed by atoms with van der Waals surface area (Å²) >= 11 is 0. The van der Waals surface area contributed by atoms with E-state index in [1.807, 2.05) is 0 Å². The third-order valence-electron chi connectivity index (χ3n) is 2.44. The molecule has 2 N–H and O–H groups in total. The number of amides is 2. The summed E-state index contributed by atoms with van der Waals surface area (Å²) in [6, 6.07) is 2.45. The molecule has 110 valence electrons. The van der Waals surface area contributed by atoms with Crippen molar-refractivity contribution in [2.75, 3.05) is 0 Å². The highest BCUT2D eigenvalue weighted by molar-refractivity contribution is 5.97. The first-order valence-corrected chi connectivity index (χ1v) is 6.18. The van der Waals surface area contributed by atoms with Crippen LogP contribution >= 0.6 is 0 Å². The minimum atomic E-state index is -1.23. The third-order valence-corrected chi connectivity index (χ3v) is 2.44. The van der Waals surface area contributed by atoms with E-state index in [0.717, 1.165) is 12.1 Å². The quantitative estimate of drug-likeness (QED) is 0.892. The topological polar surface area (TPSA) is 58.2 Å². The normalized spacial score (nSPS) is 12.7. The summed E-state index contributed by atoms with van der Waals surface area (Å²) in [5, 5.41) is 5.01. The highest BCUT2D eigenvalue weighted by atomic mass is 19.2. The fraction of sp³-hybridized carbons (Fsp3) is 0.429. The molecule has 0 saturated heterocycles. The lowest BCUT2D eigenvalue weighted by molar-refractivity contribution is -0.124. The van der Waals surface area contributed by atoms with Crippen molar-refractivity contribution >= 4 is 11.8 Å². The van der Waals surface area contributed by atoms with Crippen LogP contribution in [0.15, 0.2) is 18.2 Å². The van der Waals surface area contributed by atoms with Gasteiger partial charge in [-0.2, -0.15) is 0 Å². The molecule has 1 aromatic rings. The van der Waals surface area contributed by atoms with Crippen molar-refractivity contribution < 1.29 is 18.4 Å². The minimum Gasteiger partial charge on any atom is -0.350 e. The first kappa shape index (κ1) is 16.1. The van der Waals surface area contributed by atoms with Gasteiger partial charge in [0.1, 0.15) is 6.04 Å². The lowest BCUT2D eigenvalue weighted by Gasteiger charge is -2.23. The van der Waals surface area contributed by atoms with Crippen LogP contribution in [0.25, 0.3) is 0 Å². The number of nitrogens with one attached hydrogen (secondary N) is 2. The van der Waals surface area contributed by atoms with Crippen LogP contribution in [0.2, 0.25) is 0 Å². The standard InChI is InChI=1S/C14H18F2N2O2/c1-8(12(19)18-14(2,3)4)17-13(20)9-6-5-7-10(15)11(9)16/h5-8H,1-4H3,(H,17,20)(H,18,19). The van der Waals surface area contributed by atoms with E-state index >= 15 is 0 Å². The van der Waals surface area contributed by atoms with Gasteiger partial charge in [-0.15, -0.1) is 0 Å². The maximum Gasteiger partial charge on any atom is 0.255 e. The monoisotopic (exact) mass is 284 g/mol. The number of hydrogen-bond acceptors (Lipinski definition) is 2. The van der Waals surface area contributed by atoms with Gasteiger partial charge in [-0.25, -0.2) is 8.78 Å². The molecule has 0 bridgehead atoms. The van der Waals surface area contributed by atoms with Gasteiger partial charge >= 0.3 is 0 Å². The second-order valence-corrected chi connectivity index (χ2v) is 5.54. The maximum atomic E-state index is 13.4. The Labute approximate surface area is 116 Å². The van der Waals surface area contributed by atoms with Gasteiger partial charge in [-0.05, 0) is 39.8 Å². The van der Waals surface area contributed by atoms with E-state index in [1.165, 1.54) is 13.0 Å². The Bertz CT molecular complexity index is 524. The molecular formula is C14H18F2N2O2. The summed E-state index contributed by atoms with van der Waals surface area (Å²) in [6.45, 7) is 6.86. The second-order valence-electron chi connectivity index (χ2n) is 5.54. The molecule has 4 nitrogen and oxygen atoms in total. The van der Waals surface area contributed by atoms with E-state index in [0.29, 0.717) is 0 Å². The van der Waals surface area contributed by atoms with Crippen molar-refractivity contribution in [2.45, 2.75) is 39.3 Å². The third kappa shape index (κ3) is 4.29. The zero-order chi connectivity index (χ0) is 15.5. The summed E-state index contributed by atoms with van der Waals surface area (Å²) in [6.07, 6.45) is 0. The number of rotatable bonds is 3. The molecule has 0 saturated carbocycles.